The number of hydrogen-bond donors (Lipinski definition) is 1. The first-order chi connectivity index (χ1) is 9.22. The van der Waals surface area contributed by atoms with Gasteiger partial charge in [0.2, 0.25) is 0 Å². The van der Waals surface area contributed by atoms with Crippen LogP contribution in [0.3, 0.4) is 0 Å². The lowest BCUT2D eigenvalue weighted by Gasteiger charge is -2.25. The van der Waals surface area contributed by atoms with Gasteiger partial charge in [0.25, 0.3) is 0 Å². The quantitative estimate of drug-likeness (QED) is 0.816. The minimum absolute atomic E-state index is 0.0896. The standard InChI is InChI=1S/C14H20N2O3/c1-10(12-6-4-8-19-12)16-13(14(17)18-2)11-5-3-7-15-9-11/h3,5,7,9-10,12-13,16H,4,6,8H2,1-2H3/t10-,12+,13-/m1/s1. The van der Waals surface area contributed by atoms with Crippen molar-refractivity contribution in [1.82, 2.24) is 10.3 Å². The molecule has 0 bridgehead atoms. The zero-order valence-electron chi connectivity index (χ0n) is 11.3. The first-order valence-electron chi connectivity index (χ1n) is 6.57. The smallest absolute Gasteiger partial charge is 0.327 e. The van der Waals surface area contributed by atoms with Crippen molar-refractivity contribution >= 4 is 5.97 Å². The van der Waals surface area contributed by atoms with Crippen molar-refractivity contribution in [2.75, 3.05) is 13.7 Å². The van der Waals surface area contributed by atoms with Crippen molar-refractivity contribution in [1.29, 1.82) is 0 Å². The fourth-order valence-corrected chi connectivity index (χ4v) is 2.33. The monoisotopic (exact) mass is 264 g/mol. The van der Waals surface area contributed by atoms with Crippen LogP contribution >= 0.6 is 0 Å². The van der Waals surface area contributed by atoms with Crippen LogP contribution in [-0.2, 0) is 14.3 Å². The minimum atomic E-state index is -0.502. The molecule has 5 nitrogen and oxygen atoms in total. The van der Waals surface area contributed by atoms with E-state index in [1.165, 1.54) is 7.11 Å². The van der Waals surface area contributed by atoms with Gasteiger partial charge in [-0.1, -0.05) is 6.07 Å². The Kier molecular flexibility index (Phi) is 4.87. The Morgan fingerprint density at radius 3 is 3.05 bits per heavy atom. The lowest BCUT2D eigenvalue weighted by Crippen LogP contribution is -2.42. The van der Waals surface area contributed by atoms with Gasteiger partial charge in [-0.15, -0.1) is 0 Å². The van der Waals surface area contributed by atoms with Gasteiger partial charge in [0.05, 0.1) is 13.2 Å². The van der Waals surface area contributed by atoms with Gasteiger partial charge in [0.1, 0.15) is 6.04 Å². The summed E-state index contributed by atoms with van der Waals surface area (Å²) in [5.74, 6) is -0.308. The van der Waals surface area contributed by atoms with E-state index >= 15 is 0 Å². The van der Waals surface area contributed by atoms with Crippen LogP contribution < -0.4 is 5.32 Å². The average Bonchev–Trinajstić information content (AvgIpc) is 2.99. The molecule has 1 aromatic heterocycles. The molecule has 5 heteroatoms. The van der Waals surface area contributed by atoms with E-state index in [2.05, 4.69) is 10.3 Å². The summed E-state index contributed by atoms with van der Waals surface area (Å²) in [4.78, 5) is 16.0. The molecular formula is C14H20N2O3. The predicted octanol–water partition coefficient (Wildman–Crippen LogP) is 1.45. The topological polar surface area (TPSA) is 60.5 Å². The third kappa shape index (κ3) is 3.52. The van der Waals surface area contributed by atoms with Crippen molar-refractivity contribution in [2.45, 2.75) is 38.0 Å². The molecule has 104 valence electrons. The van der Waals surface area contributed by atoms with Gasteiger partial charge in [-0.2, -0.15) is 0 Å². The third-order valence-electron chi connectivity index (χ3n) is 3.41. The summed E-state index contributed by atoms with van der Waals surface area (Å²) in [5, 5.41) is 3.29. The summed E-state index contributed by atoms with van der Waals surface area (Å²) < 4.78 is 10.5. The van der Waals surface area contributed by atoms with Gasteiger partial charge >= 0.3 is 5.97 Å². The molecule has 0 aliphatic carbocycles. The van der Waals surface area contributed by atoms with E-state index < -0.39 is 6.04 Å². The Hall–Kier alpha value is -1.46. The molecule has 1 aliphatic heterocycles. The maximum Gasteiger partial charge on any atom is 0.327 e. The number of ether oxygens (including phenoxy) is 2. The number of nitrogens with one attached hydrogen (secondary N) is 1. The summed E-state index contributed by atoms with van der Waals surface area (Å²) in [5.41, 5.74) is 0.805. The first-order valence-corrected chi connectivity index (χ1v) is 6.57. The first kappa shape index (κ1) is 14.0. The molecule has 0 spiro atoms. The van der Waals surface area contributed by atoms with Gasteiger partial charge in [-0.25, -0.2) is 4.79 Å². The van der Waals surface area contributed by atoms with Gasteiger partial charge in [-0.3, -0.25) is 10.3 Å². The van der Waals surface area contributed by atoms with Gasteiger partial charge in [0.15, 0.2) is 0 Å². The van der Waals surface area contributed by atoms with Crippen LogP contribution in [0.4, 0.5) is 0 Å². The Labute approximate surface area is 113 Å². The van der Waals surface area contributed by atoms with Crippen LogP contribution in [0.1, 0.15) is 31.4 Å². The molecule has 0 unspecified atom stereocenters. The van der Waals surface area contributed by atoms with Crippen LogP contribution in [0.2, 0.25) is 0 Å². The lowest BCUT2D eigenvalue weighted by atomic mass is 10.1. The zero-order valence-corrected chi connectivity index (χ0v) is 11.3. The molecule has 1 N–H and O–H groups in total. The number of carbonyl (C=O) groups excluding carboxylic acids is 1. The molecule has 0 amide bonds. The molecule has 0 radical (unpaired) electrons. The molecule has 2 heterocycles. The number of carbonyl (C=O) groups is 1. The minimum Gasteiger partial charge on any atom is -0.468 e. The molecular weight excluding hydrogens is 244 g/mol. The Morgan fingerprint density at radius 2 is 2.47 bits per heavy atom. The number of pyridine rings is 1. The molecule has 0 saturated carbocycles. The Morgan fingerprint density at radius 1 is 1.63 bits per heavy atom. The molecule has 2 rings (SSSR count). The highest BCUT2D eigenvalue weighted by Gasteiger charge is 2.28. The Balaban J connectivity index is 2.08. The summed E-state index contributed by atoms with van der Waals surface area (Å²) in [6.45, 7) is 2.83. The maximum atomic E-state index is 11.9. The summed E-state index contributed by atoms with van der Waals surface area (Å²) in [6.07, 6.45) is 5.61. The summed E-state index contributed by atoms with van der Waals surface area (Å²) in [6, 6.07) is 3.26. The molecule has 3 atom stereocenters. The van der Waals surface area contributed by atoms with Gasteiger partial charge < -0.3 is 9.47 Å². The van der Waals surface area contributed by atoms with Crippen LogP contribution in [0.25, 0.3) is 0 Å². The van der Waals surface area contributed by atoms with Crippen molar-refractivity contribution in [3.05, 3.63) is 30.1 Å². The van der Waals surface area contributed by atoms with Crippen LogP contribution in [-0.4, -0.2) is 36.8 Å². The number of nitrogens with zero attached hydrogens (tertiary/aromatic N) is 1. The van der Waals surface area contributed by atoms with Crippen molar-refractivity contribution in [3.63, 3.8) is 0 Å². The molecule has 19 heavy (non-hydrogen) atoms. The summed E-state index contributed by atoms with van der Waals surface area (Å²) in [7, 11) is 1.39. The maximum absolute atomic E-state index is 11.9. The predicted molar refractivity (Wildman–Crippen MR) is 70.6 cm³/mol. The molecule has 1 saturated heterocycles. The summed E-state index contributed by atoms with van der Waals surface area (Å²) >= 11 is 0. The average molecular weight is 264 g/mol. The SMILES string of the molecule is COC(=O)[C@H](N[C@H](C)[C@@H]1CCCO1)c1cccnc1. The third-order valence-corrected chi connectivity index (χ3v) is 3.41. The normalized spacial score (nSPS) is 21.9. The zero-order chi connectivity index (χ0) is 13.7. The second-order valence-corrected chi connectivity index (χ2v) is 4.75. The fraction of sp³-hybridized carbons (Fsp3) is 0.571. The molecule has 0 aromatic carbocycles. The lowest BCUT2D eigenvalue weighted by molar-refractivity contribution is -0.143. The van der Waals surface area contributed by atoms with E-state index in [4.69, 9.17) is 9.47 Å². The Bertz CT molecular complexity index is 404. The highest BCUT2D eigenvalue weighted by atomic mass is 16.5. The second kappa shape index (κ2) is 6.63. The fourth-order valence-electron chi connectivity index (χ4n) is 2.33. The number of methoxy groups -OCH3 is 1. The van der Waals surface area contributed by atoms with Crippen LogP contribution in [0.15, 0.2) is 24.5 Å². The van der Waals surface area contributed by atoms with Crippen LogP contribution in [0, 0.1) is 0 Å². The van der Waals surface area contributed by atoms with Crippen molar-refractivity contribution < 1.29 is 14.3 Å². The van der Waals surface area contributed by atoms with Crippen LogP contribution in [0.5, 0.6) is 0 Å². The molecule has 1 aliphatic rings. The van der Waals surface area contributed by atoms with E-state index in [-0.39, 0.29) is 18.1 Å². The van der Waals surface area contributed by atoms with Gasteiger partial charge in [0, 0.05) is 25.0 Å². The number of hydrogen-bond acceptors (Lipinski definition) is 5. The van der Waals surface area contributed by atoms with Crippen molar-refractivity contribution in [2.24, 2.45) is 0 Å². The van der Waals surface area contributed by atoms with E-state index in [0.717, 1.165) is 25.0 Å². The highest BCUT2D eigenvalue weighted by Crippen LogP contribution is 2.20. The highest BCUT2D eigenvalue weighted by molar-refractivity contribution is 5.77. The number of rotatable bonds is 5. The van der Waals surface area contributed by atoms with Gasteiger partial charge in [-0.05, 0) is 31.4 Å². The largest absolute Gasteiger partial charge is 0.468 e. The van der Waals surface area contributed by atoms with E-state index in [9.17, 15) is 4.79 Å². The molecule has 1 aromatic rings. The number of aromatic nitrogens is 1. The van der Waals surface area contributed by atoms with E-state index in [1.54, 1.807) is 12.4 Å². The number of esters is 1. The van der Waals surface area contributed by atoms with E-state index in [0.29, 0.717) is 0 Å². The second-order valence-electron chi connectivity index (χ2n) is 4.75. The molecule has 1 fully saturated rings. The van der Waals surface area contributed by atoms with E-state index in [1.807, 2.05) is 19.1 Å². The van der Waals surface area contributed by atoms with Crippen molar-refractivity contribution in [3.8, 4) is 0 Å².